The van der Waals surface area contributed by atoms with Crippen molar-refractivity contribution in [2.45, 2.75) is 83.0 Å². The molecule has 164 valence electrons. The van der Waals surface area contributed by atoms with Crippen molar-refractivity contribution in [1.29, 1.82) is 0 Å². The van der Waals surface area contributed by atoms with Crippen LogP contribution < -0.4 is 5.73 Å². The van der Waals surface area contributed by atoms with Crippen LogP contribution in [-0.4, -0.2) is 20.3 Å². The van der Waals surface area contributed by atoms with Gasteiger partial charge in [0, 0.05) is 5.04 Å². The molecule has 2 unspecified atom stereocenters. The second kappa shape index (κ2) is 10.4. The van der Waals surface area contributed by atoms with E-state index in [1.165, 1.54) is 5.56 Å². The minimum atomic E-state index is -2.64. The van der Waals surface area contributed by atoms with E-state index < -0.39 is 14.4 Å². The number of hydrogen-bond acceptors (Lipinski definition) is 3. The molecule has 0 saturated heterocycles. The molecule has 0 radical (unpaired) electrons. The van der Waals surface area contributed by atoms with Gasteiger partial charge < -0.3 is 10.2 Å². The van der Waals surface area contributed by atoms with Crippen LogP contribution in [0.1, 0.15) is 65.5 Å². The van der Waals surface area contributed by atoms with Gasteiger partial charge in [0.25, 0.3) is 8.32 Å². The molecule has 0 bridgehead atoms. The molecular weight excluding hydrogens is 386 g/mol. The van der Waals surface area contributed by atoms with Gasteiger partial charge in [-0.25, -0.2) is 0 Å². The second-order valence-corrected chi connectivity index (χ2v) is 14.1. The topological polar surface area (TPSA) is 52.3 Å². The summed E-state index contributed by atoms with van der Waals surface area (Å²) in [5.41, 5.74) is 9.30. The number of benzene rings is 2. The average molecular weight is 426 g/mol. The Morgan fingerprint density at radius 3 is 1.87 bits per heavy atom. The molecule has 0 aromatic heterocycles. The van der Waals surface area contributed by atoms with E-state index in [4.69, 9.17) is 10.2 Å². The lowest BCUT2D eigenvalue weighted by molar-refractivity contribution is -0.137. The summed E-state index contributed by atoms with van der Waals surface area (Å²) in [5, 5.41) is -0.235. The van der Waals surface area contributed by atoms with Crippen LogP contribution in [0.2, 0.25) is 11.1 Å². The molecule has 2 N–H and O–H groups in total. The van der Waals surface area contributed by atoms with Crippen molar-refractivity contribution >= 4 is 14.3 Å². The number of carbonyl (C=O) groups is 1. The zero-order valence-electron chi connectivity index (χ0n) is 19.5. The Morgan fingerprint density at radius 2 is 1.40 bits per heavy atom. The van der Waals surface area contributed by atoms with Gasteiger partial charge in [-0.05, 0) is 28.6 Å². The highest BCUT2D eigenvalue weighted by molar-refractivity contribution is 6.80. The molecule has 0 heterocycles. The number of rotatable bonds is 10. The predicted molar refractivity (Wildman–Crippen MR) is 129 cm³/mol. The van der Waals surface area contributed by atoms with E-state index in [1.807, 2.05) is 36.4 Å². The molecule has 0 saturated carbocycles. The average Bonchev–Trinajstić information content (AvgIpc) is 2.77. The van der Waals surface area contributed by atoms with Crippen LogP contribution in [0.3, 0.4) is 0 Å². The molecule has 30 heavy (non-hydrogen) atoms. The molecule has 2 aromatic rings. The summed E-state index contributed by atoms with van der Waals surface area (Å²) in [6.07, 6.45) is 2.46. The van der Waals surface area contributed by atoms with E-state index >= 15 is 0 Å². The first-order valence-electron chi connectivity index (χ1n) is 11.3. The minimum absolute atomic E-state index is 0.235. The largest absolute Gasteiger partial charge is 0.516 e. The third-order valence-corrected chi connectivity index (χ3v) is 13.6. The predicted octanol–water partition coefficient (Wildman–Crippen LogP) is 6.16. The quantitative estimate of drug-likeness (QED) is 0.464. The highest BCUT2D eigenvalue weighted by atomic mass is 28.4. The zero-order valence-corrected chi connectivity index (χ0v) is 20.5. The van der Waals surface area contributed by atoms with Gasteiger partial charge in [0.15, 0.2) is 0 Å². The first kappa shape index (κ1) is 24.4. The molecule has 0 amide bonds. The lowest BCUT2D eigenvalue weighted by atomic mass is 10.0. The molecule has 2 aromatic carbocycles. The van der Waals surface area contributed by atoms with Crippen LogP contribution >= 0.6 is 0 Å². The zero-order chi connectivity index (χ0) is 22.4. The lowest BCUT2D eigenvalue weighted by Gasteiger charge is -2.51. The standard InChI is InChI=1S/C26H39NO2Si/c1-7-20(3)30(21(4)8-2,26(5,6)23-17-13-10-14-18-23)29-25(28)24(27)19-22-15-11-9-12-16-22/h9-18,20-21,24H,7-8,19,27H2,1-6H3/t20?,21?,24-,30?/m0/s1. The summed E-state index contributed by atoms with van der Waals surface area (Å²) >= 11 is 0. The smallest absolute Gasteiger partial charge is 0.310 e. The Morgan fingerprint density at radius 1 is 0.933 bits per heavy atom. The van der Waals surface area contributed by atoms with Crippen molar-refractivity contribution in [2.24, 2.45) is 5.73 Å². The number of carbonyl (C=O) groups excluding carboxylic acids is 1. The Kier molecular flexibility index (Phi) is 8.45. The maximum Gasteiger partial charge on any atom is 0.310 e. The Balaban J connectivity index is 2.46. The highest BCUT2D eigenvalue weighted by Crippen LogP contribution is 2.50. The maximum atomic E-state index is 13.4. The number of hydrogen-bond donors (Lipinski definition) is 1. The third kappa shape index (κ3) is 4.87. The van der Waals surface area contributed by atoms with Gasteiger partial charge in [-0.3, -0.25) is 4.79 Å². The van der Waals surface area contributed by atoms with Gasteiger partial charge in [-0.1, -0.05) is 115 Å². The van der Waals surface area contributed by atoms with Crippen LogP contribution in [0.4, 0.5) is 0 Å². The molecule has 2 rings (SSSR count). The van der Waals surface area contributed by atoms with E-state index in [0.717, 1.165) is 18.4 Å². The van der Waals surface area contributed by atoms with Crippen molar-refractivity contribution in [2.75, 3.05) is 0 Å². The van der Waals surface area contributed by atoms with Gasteiger partial charge in [-0.2, -0.15) is 0 Å². The van der Waals surface area contributed by atoms with E-state index in [2.05, 4.69) is 65.8 Å². The molecule has 0 spiro atoms. The maximum absolute atomic E-state index is 13.4. The lowest BCUT2D eigenvalue weighted by Crippen LogP contribution is -2.63. The molecule has 4 heteroatoms. The van der Waals surface area contributed by atoms with Crippen molar-refractivity contribution in [3.63, 3.8) is 0 Å². The fraction of sp³-hybridized carbons (Fsp3) is 0.500. The van der Waals surface area contributed by atoms with Gasteiger partial charge in [0.2, 0.25) is 0 Å². The van der Waals surface area contributed by atoms with E-state index in [1.54, 1.807) is 0 Å². The summed E-state index contributed by atoms with van der Waals surface area (Å²) in [5.74, 6) is -0.255. The van der Waals surface area contributed by atoms with Crippen molar-refractivity contribution < 1.29 is 9.22 Å². The second-order valence-electron chi connectivity index (χ2n) is 9.12. The summed E-state index contributed by atoms with van der Waals surface area (Å²) in [6, 6.07) is 19.8. The minimum Gasteiger partial charge on any atom is -0.516 e. The first-order valence-corrected chi connectivity index (χ1v) is 13.3. The van der Waals surface area contributed by atoms with E-state index in [0.29, 0.717) is 17.5 Å². The summed E-state index contributed by atoms with van der Waals surface area (Å²) in [6.45, 7) is 13.5. The highest BCUT2D eigenvalue weighted by Gasteiger charge is 2.59. The molecule has 0 aliphatic carbocycles. The molecule has 3 atom stereocenters. The van der Waals surface area contributed by atoms with Crippen LogP contribution in [-0.2, 0) is 20.7 Å². The SMILES string of the molecule is CCC(C)[Si](OC(=O)[C@@H](N)Cc1ccccc1)(C(C)CC)C(C)(C)c1ccccc1. The molecule has 0 fully saturated rings. The van der Waals surface area contributed by atoms with Gasteiger partial charge in [0.1, 0.15) is 6.04 Å². The fourth-order valence-corrected chi connectivity index (χ4v) is 11.3. The van der Waals surface area contributed by atoms with Gasteiger partial charge in [-0.15, -0.1) is 0 Å². The monoisotopic (exact) mass is 425 g/mol. The van der Waals surface area contributed by atoms with Gasteiger partial charge in [0.05, 0.1) is 0 Å². The fourth-order valence-electron chi connectivity index (χ4n) is 4.93. The number of nitrogens with two attached hydrogens (primary N) is 1. The first-order chi connectivity index (χ1) is 14.2. The van der Waals surface area contributed by atoms with Crippen molar-refractivity contribution in [1.82, 2.24) is 0 Å². The van der Waals surface area contributed by atoms with Crippen molar-refractivity contribution in [3.8, 4) is 0 Å². The Labute approximate surface area is 184 Å². The molecule has 0 aliphatic heterocycles. The van der Waals surface area contributed by atoms with Crippen LogP contribution in [0.15, 0.2) is 60.7 Å². The van der Waals surface area contributed by atoms with Gasteiger partial charge >= 0.3 is 5.97 Å². The van der Waals surface area contributed by atoms with E-state index in [9.17, 15) is 4.79 Å². The molecule has 3 nitrogen and oxygen atoms in total. The Bertz CT molecular complexity index is 781. The summed E-state index contributed by atoms with van der Waals surface area (Å²) in [7, 11) is -2.64. The van der Waals surface area contributed by atoms with E-state index in [-0.39, 0.29) is 11.0 Å². The summed E-state index contributed by atoms with van der Waals surface area (Å²) in [4.78, 5) is 13.4. The normalized spacial score (nSPS) is 16.9. The Hall–Kier alpha value is -1.91. The molecular formula is C26H39NO2Si. The summed E-state index contributed by atoms with van der Waals surface area (Å²) < 4.78 is 6.67. The molecule has 0 aliphatic rings. The van der Waals surface area contributed by atoms with Crippen LogP contribution in [0.25, 0.3) is 0 Å². The van der Waals surface area contributed by atoms with Crippen molar-refractivity contribution in [3.05, 3.63) is 71.8 Å². The van der Waals surface area contributed by atoms with Crippen LogP contribution in [0, 0.1) is 0 Å². The third-order valence-electron chi connectivity index (χ3n) is 7.03. The van der Waals surface area contributed by atoms with Crippen LogP contribution in [0.5, 0.6) is 0 Å².